The Morgan fingerprint density at radius 1 is 1.26 bits per heavy atom. The number of aryl methyl sites for hydroxylation is 1. The highest BCUT2D eigenvalue weighted by molar-refractivity contribution is 6.02. The fraction of sp³-hybridized carbons (Fsp3) is 0.300. The van der Waals surface area contributed by atoms with Gasteiger partial charge in [0.1, 0.15) is 11.5 Å². The predicted molar refractivity (Wildman–Crippen MR) is 109 cm³/mol. The van der Waals surface area contributed by atoms with Crippen molar-refractivity contribution in [2.45, 2.75) is 26.2 Å². The molecule has 0 atom stereocenters. The number of anilines is 3. The molecule has 31 heavy (non-hydrogen) atoms. The molecule has 4 heterocycles. The number of pyridine rings is 2. The second-order valence-electron chi connectivity index (χ2n) is 7.34. The van der Waals surface area contributed by atoms with E-state index in [1.165, 1.54) is 6.07 Å². The first-order valence-corrected chi connectivity index (χ1v) is 9.49. The van der Waals surface area contributed by atoms with Crippen molar-refractivity contribution >= 4 is 23.1 Å². The second kappa shape index (κ2) is 7.89. The first-order chi connectivity index (χ1) is 14.7. The third-order valence-corrected chi connectivity index (χ3v) is 4.86. The number of hydrogen-bond donors (Lipinski definition) is 2. The molecule has 0 aromatic carbocycles. The van der Waals surface area contributed by atoms with Crippen LogP contribution in [0.5, 0.6) is 0 Å². The quantitative estimate of drug-likeness (QED) is 0.646. The summed E-state index contributed by atoms with van der Waals surface area (Å²) in [6.07, 6.45) is 0.0779. The molecule has 11 heteroatoms. The van der Waals surface area contributed by atoms with Crippen LogP contribution in [0.15, 0.2) is 36.8 Å². The molecule has 0 unspecified atom stereocenters. The number of likely N-dealkylation sites (N-methyl/N-ethyl adjacent to an activating group) is 1. The molecule has 162 valence electrons. The van der Waals surface area contributed by atoms with E-state index >= 15 is 0 Å². The first-order valence-electron chi connectivity index (χ1n) is 9.49. The molecule has 0 saturated carbocycles. The van der Waals surface area contributed by atoms with E-state index in [0.717, 1.165) is 23.5 Å². The van der Waals surface area contributed by atoms with Crippen molar-refractivity contribution < 1.29 is 18.0 Å². The van der Waals surface area contributed by atoms with Crippen LogP contribution in [0.25, 0.3) is 0 Å². The van der Waals surface area contributed by atoms with Crippen LogP contribution in [0, 0.1) is 6.92 Å². The summed E-state index contributed by atoms with van der Waals surface area (Å²) >= 11 is 0. The highest BCUT2D eigenvalue weighted by atomic mass is 19.4. The van der Waals surface area contributed by atoms with Crippen molar-refractivity contribution in [3.05, 3.63) is 59.3 Å². The van der Waals surface area contributed by atoms with Gasteiger partial charge in [0.15, 0.2) is 0 Å². The van der Waals surface area contributed by atoms with E-state index in [2.05, 4.69) is 25.7 Å². The van der Waals surface area contributed by atoms with Crippen LogP contribution in [-0.2, 0) is 24.1 Å². The zero-order valence-corrected chi connectivity index (χ0v) is 16.9. The summed E-state index contributed by atoms with van der Waals surface area (Å²) in [6.45, 7) is 2.73. The van der Waals surface area contributed by atoms with Gasteiger partial charge in [-0.05, 0) is 24.6 Å². The summed E-state index contributed by atoms with van der Waals surface area (Å²) in [4.78, 5) is 21.4. The topological polar surface area (TPSA) is 88.0 Å². The summed E-state index contributed by atoms with van der Waals surface area (Å²) in [7, 11) is 1.84. The molecule has 0 radical (unpaired) electrons. The molecule has 0 saturated heterocycles. The standard InChI is InChI=1S/C20H20F3N7O/c1-12-19-15(29(2)11-18(31)28-19)6-17(27-12)25-7-14-8-26-30(10-14)9-13-3-4-24-16(5-13)20(21,22)23/h3-6,8,10H,7,9,11H2,1-2H3,(H,25,27)(H,28,31). The molecule has 0 spiro atoms. The lowest BCUT2D eigenvalue weighted by Gasteiger charge is -2.28. The Morgan fingerprint density at radius 3 is 2.84 bits per heavy atom. The van der Waals surface area contributed by atoms with Gasteiger partial charge in [-0.1, -0.05) is 0 Å². The Labute approximate surface area is 176 Å². The average Bonchev–Trinajstić information content (AvgIpc) is 3.14. The molecular formula is C20H20F3N7O. The van der Waals surface area contributed by atoms with Crippen LogP contribution in [0.3, 0.4) is 0 Å². The number of halogens is 3. The smallest absolute Gasteiger partial charge is 0.366 e. The van der Waals surface area contributed by atoms with Gasteiger partial charge in [-0.25, -0.2) is 4.98 Å². The minimum Gasteiger partial charge on any atom is -0.366 e. The van der Waals surface area contributed by atoms with Gasteiger partial charge >= 0.3 is 6.18 Å². The maximum Gasteiger partial charge on any atom is 0.433 e. The van der Waals surface area contributed by atoms with E-state index < -0.39 is 11.9 Å². The summed E-state index contributed by atoms with van der Waals surface area (Å²) in [6, 6.07) is 4.42. The second-order valence-corrected chi connectivity index (χ2v) is 7.34. The number of rotatable bonds is 5. The van der Waals surface area contributed by atoms with Gasteiger partial charge in [0.2, 0.25) is 5.91 Å². The highest BCUT2D eigenvalue weighted by Crippen LogP contribution is 2.33. The molecule has 0 fully saturated rings. The minimum absolute atomic E-state index is 0.0791. The molecule has 8 nitrogen and oxygen atoms in total. The van der Waals surface area contributed by atoms with Crippen molar-refractivity contribution in [3.8, 4) is 0 Å². The van der Waals surface area contributed by atoms with E-state index in [1.807, 2.05) is 24.9 Å². The van der Waals surface area contributed by atoms with Crippen LogP contribution >= 0.6 is 0 Å². The van der Waals surface area contributed by atoms with Gasteiger partial charge in [0.25, 0.3) is 0 Å². The number of hydrogen-bond acceptors (Lipinski definition) is 6. The van der Waals surface area contributed by atoms with Crippen LogP contribution < -0.4 is 15.5 Å². The van der Waals surface area contributed by atoms with Crippen LogP contribution in [0.4, 0.5) is 30.4 Å². The van der Waals surface area contributed by atoms with Crippen molar-refractivity contribution in [3.63, 3.8) is 0 Å². The van der Waals surface area contributed by atoms with Gasteiger partial charge in [0, 0.05) is 37.6 Å². The molecule has 2 N–H and O–H groups in total. The molecule has 0 aliphatic carbocycles. The number of nitrogens with one attached hydrogen (secondary N) is 2. The lowest BCUT2D eigenvalue weighted by molar-refractivity contribution is -0.141. The molecule has 1 amide bonds. The summed E-state index contributed by atoms with van der Waals surface area (Å²) in [5.41, 5.74) is 2.67. The maximum absolute atomic E-state index is 12.8. The zero-order chi connectivity index (χ0) is 22.2. The Morgan fingerprint density at radius 2 is 2.06 bits per heavy atom. The number of nitrogens with zero attached hydrogens (tertiary/aromatic N) is 5. The van der Waals surface area contributed by atoms with E-state index in [4.69, 9.17) is 0 Å². The molecule has 4 rings (SSSR count). The van der Waals surface area contributed by atoms with E-state index in [1.54, 1.807) is 17.1 Å². The zero-order valence-electron chi connectivity index (χ0n) is 16.9. The van der Waals surface area contributed by atoms with Crippen molar-refractivity contribution in [2.75, 3.05) is 29.1 Å². The van der Waals surface area contributed by atoms with E-state index in [-0.39, 0.29) is 19.0 Å². The first kappa shape index (κ1) is 20.6. The Kier molecular flexibility index (Phi) is 5.25. The highest BCUT2D eigenvalue weighted by Gasteiger charge is 2.32. The van der Waals surface area contributed by atoms with Crippen molar-refractivity contribution in [2.24, 2.45) is 0 Å². The summed E-state index contributed by atoms with van der Waals surface area (Å²) < 4.78 is 40.1. The number of alkyl halides is 3. The number of carbonyl (C=O) groups is 1. The van der Waals surface area contributed by atoms with Crippen LogP contribution in [0.1, 0.15) is 22.5 Å². The number of amides is 1. The normalized spacial score (nSPS) is 13.7. The fourth-order valence-electron chi connectivity index (χ4n) is 3.37. The maximum atomic E-state index is 12.8. The van der Waals surface area contributed by atoms with E-state index in [0.29, 0.717) is 29.3 Å². The number of fused-ring (bicyclic) bond motifs is 1. The Bertz CT molecular complexity index is 1130. The monoisotopic (exact) mass is 431 g/mol. The molecule has 1 aliphatic rings. The largest absolute Gasteiger partial charge is 0.433 e. The van der Waals surface area contributed by atoms with E-state index in [9.17, 15) is 18.0 Å². The predicted octanol–water partition coefficient (Wildman–Crippen LogP) is 3.05. The molecule has 3 aromatic heterocycles. The fourth-order valence-corrected chi connectivity index (χ4v) is 3.37. The lowest BCUT2D eigenvalue weighted by Crippen LogP contribution is -2.36. The Balaban J connectivity index is 1.43. The van der Waals surface area contributed by atoms with Gasteiger partial charge in [-0.2, -0.15) is 18.3 Å². The molecule has 0 bridgehead atoms. The summed E-state index contributed by atoms with van der Waals surface area (Å²) in [5.74, 6) is 0.570. The lowest BCUT2D eigenvalue weighted by atomic mass is 10.2. The third kappa shape index (κ3) is 4.60. The van der Waals surface area contributed by atoms with Gasteiger partial charge in [0.05, 0.1) is 36.4 Å². The minimum atomic E-state index is -4.48. The van der Waals surface area contributed by atoms with Crippen LogP contribution in [0.2, 0.25) is 0 Å². The van der Waals surface area contributed by atoms with Gasteiger partial charge in [-0.15, -0.1) is 0 Å². The SMILES string of the molecule is Cc1nc(NCc2cnn(Cc3ccnc(C(F)(F)F)c3)c2)cc2c1NC(=O)CN2C. The molecular weight excluding hydrogens is 411 g/mol. The molecule has 1 aliphatic heterocycles. The number of aromatic nitrogens is 4. The number of carbonyl (C=O) groups excluding carboxylic acids is 1. The van der Waals surface area contributed by atoms with Crippen molar-refractivity contribution in [1.29, 1.82) is 0 Å². The third-order valence-electron chi connectivity index (χ3n) is 4.86. The van der Waals surface area contributed by atoms with Crippen molar-refractivity contribution in [1.82, 2.24) is 19.7 Å². The average molecular weight is 431 g/mol. The van der Waals surface area contributed by atoms with Gasteiger partial charge < -0.3 is 15.5 Å². The Hall–Kier alpha value is -3.63. The van der Waals surface area contributed by atoms with Crippen LogP contribution in [-0.4, -0.2) is 39.2 Å². The summed E-state index contributed by atoms with van der Waals surface area (Å²) in [5, 5.41) is 10.3. The molecule has 3 aromatic rings. The van der Waals surface area contributed by atoms with Gasteiger partial charge in [-0.3, -0.25) is 14.5 Å².